The molecule has 0 aliphatic carbocycles. The van der Waals surface area contributed by atoms with E-state index in [1.54, 1.807) is 0 Å². The van der Waals surface area contributed by atoms with Crippen LogP contribution in [0.5, 0.6) is 0 Å². The van der Waals surface area contributed by atoms with Gasteiger partial charge in [-0.2, -0.15) is 0 Å². The largest absolute Gasteiger partial charge is 0.322 e. The number of nitrogens with one attached hydrogen (secondary N) is 1. The number of halogens is 1. The monoisotopic (exact) mass is 197 g/mol. The van der Waals surface area contributed by atoms with E-state index in [1.165, 1.54) is 6.42 Å². The molecule has 1 fully saturated rings. The predicted octanol–water partition coefficient (Wildman–Crippen LogP) is 2.13. The average molecular weight is 198 g/mol. The fourth-order valence-electron chi connectivity index (χ4n) is 1.34. The van der Waals surface area contributed by atoms with E-state index in [1.807, 2.05) is 13.3 Å². The normalized spacial score (nSPS) is 31.5. The Morgan fingerprint density at radius 2 is 2.00 bits per heavy atom. The van der Waals surface area contributed by atoms with Gasteiger partial charge in [0.25, 0.3) is 0 Å². The van der Waals surface area contributed by atoms with Gasteiger partial charge in [0.1, 0.15) is 7.14 Å². The molecule has 1 aliphatic rings. The van der Waals surface area contributed by atoms with E-state index in [0.29, 0.717) is 0 Å². The summed E-state index contributed by atoms with van der Waals surface area (Å²) in [5.41, 5.74) is 0. The molecular weight excluding hydrogens is 181 g/mol. The third-order valence-electron chi connectivity index (χ3n) is 2.53. The molecule has 0 aromatic rings. The number of rotatable bonds is 1. The molecule has 2 nitrogen and oxygen atoms in total. The molecule has 0 aromatic heterocycles. The van der Waals surface area contributed by atoms with Crippen LogP contribution in [0.25, 0.3) is 0 Å². The lowest BCUT2D eigenvalue weighted by Gasteiger charge is -2.28. The van der Waals surface area contributed by atoms with E-state index in [-0.39, 0.29) is 17.7 Å². The van der Waals surface area contributed by atoms with Crippen LogP contribution >= 0.6 is 19.5 Å². The second-order valence-corrected chi connectivity index (χ2v) is 7.34. The molecule has 0 saturated carbocycles. The Kier molecular flexibility index (Phi) is 3.62. The van der Waals surface area contributed by atoms with Crippen molar-refractivity contribution in [2.75, 3.05) is 19.9 Å². The Hall–Kier alpha value is 0.480. The van der Waals surface area contributed by atoms with Gasteiger partial charge in [0, 0.05) is 0 Å². The molecule has 1 N–H and O–H groups in total. The Labute approximate surface area is 74.9 Å². The predicted molar refractivity (Wildman–Crippen MR) is 52.3 cm³/mol. The summed E-state index contributed by atoms with van der Waals surface area (Å²) in [6, 6.07) is 0. The van der Waals surface area contributed by atoms with Crippen LogP contribution in [-0.2, 0) is 4.57 Å². The van der Waals surface area contributed by atoms with Gasteiger partial charge >= 0.3 is 0 Å². The van der Waals surface area contributed by atoms with Crippen molar-refractivity contribution in [1.82, 2.24) is 5.32 Å². The van der Waals surface area contributed by atoms with Crippen molar-refractivity contribution in [1.29, 1.82) is 0 Å². The highest BCUT2D eigenvalue weighted by Gasteiger charge is 2.38. The van der Waals surface area contributed by atoms with Gasteiger partial charge in [0.05, 0.1) is 5.28 Å². The van der Waals surface area contributed by atoms with Crippen LogP contribution in [-0.4, -0.2) is 25.2 Å². The van der Waals surface area contributed by atoms with Gasteiger partial charge in [-0.15, -0.1) is 12.4 Å². The topological polar surface area (TPSA) is 29.1 Å². The maximum Gasteiger partial charge on any atom is 0.101 e. The van der Waals surface area contributed by atoms with E-state index < -0.39 is 7.14 Å². The summed E-state index contributed by atoms with van der Waals surface area (Å²) in [7, 11) is -1.94. The fraction of sp³-hybridized carbons (Fsp3) is 1.00. The maximum absolute atomic E-state index is 11.7. The van der Waals surface area contributed by atoms with Crippen molar-refractivity contribution in [3.05, 3.63) is 0 Å². The summed E-state index contributed by atoms with van der Waals surface area (Å²) in [6.07, 6.45) is 2.24. The summed E-state index contributed by atoms with van der Waals surface area (Å²) in [6.45, 7) is 6.83. The molecule has 0 aromatic carbocycles. The van der Waals surface area contributed by atoms with Crippen molar-refractivity contribution in [2.45, 2.75) is 25.0 Å². The second-order valence-electron chi connectivity index (χ2n) is 3.66. The van der Waals surface area contributed by atoms with E-state index in [2.05, 4.69) is 12.2 Å². The van der Waals surface area contributed by atoms with Crippen molar-refractivity contribution in [2.24, 2.45) is 0 Å². The Morgan fingerprint density at radius 3 is 2.18 bits per heavy atom. The van der Waals surface area contributed by atoms with Crippen LogP contribution in [0.4, 0.5) is 0 Å². The van der Waals surface area contributed by atoms with Crippen LogP contribution in [0.15, 0.2) is 0 Å². The zero-order valence-corrected chi connectivity index (χ0v) is 9.10. The first-order valence-corrected chi connectivity index (χ1v) is 6.36. The molecule has 1 rings (SSSR count). The zero-order chi connectivity index (χ0) is 7.83. The van der Waals surface area contributed by atoms with Crippen LogP contribution in [0, 0.1) is 0 Å². The molecule has 1 atom stereocenters. The van der Waals surface area contributed by atoms with Gasteiger partial charge in [0.2, 0.25) is 0 Å². The van der Waals surface area contributed by atoms with Crippen LogP contribution in [0.3, 0.4) is 0 Å². The van der Waals surface area contributed by atoms with Crippen molar-refractivity contribution in [3.63, 3.8) is 0 Å². The minimum atomic E-state index is -1.94. The molecule has 0 radical (unpaired) electrons. The lowest BCUT2D eigenvalue weighted by Crippen LogP contribution is -2.35. The van der Waals surface area contributed by atoms with Crippen molar-refractivity contribution >= 4 is 19.5 Å². The molecule has 11 heavy (non-hydrogen) atoms. The SMILES string of the molecule is CC1(P(C)(C)=O)CCCN1.Cl. The molecule has 1 saturated heterocycles. The highest BCUT2D eigenvalue weighted by molar-refractivity contribution is 7.63. The average Bonchev–Trinajstić information content (AvgIpc) is 2.13. The first kappa shape index (κ1) is 11.5. The number of hydrogen-bond acceptors (Lipinski definition) is 2. The summed E-state index contributed by atoms with van der Waals surface area (Å²) in [5, 5.41) is 3.25. The molecule has 68 valence electrons. The van der Waals surface area contributed by atoms with E-state index >= 15 is 0 Å². The summed E-state index contributed by atoms with van der Waals surface area (Å²) in [5.74, 6) is 0. The standard InChI is InChI=1S/C7H16NOP.ClH/c1-7(10(2,3)9)5-4-6-8-7;/h8H,4-6H2,1-3H3;1H. The Bertz CT molecular complexity index is 171. The van der Waals surface area contributed by atoms with Gasteiger partial charge in [-0.3, -0.25) is 0 Å². The molecule has 0 spiro atoms. The van der Waals surface area contributed by atoms with E-state index in [0.717, 1.165) is 13.0 Å². The minimum Gasteiger partial charge on any atom is -0.322 e. The van der Waals surface area contributed by atoms with Gasteiger partial charge in [0.15, 0.2) is 0 Å². The van der Waals surface area contributed by atoms with E-state index in [4.69, 9.17) is 0 Å². The van der Waals surface area contributed by atoms with Crippen molar-refractivity contribution < 1.29 is 4.57 Å². The first-order valence-electron chi connectivity index (χ1n) is 3.76. The summed E-state index contributed by atoms with van der Waals surface area (Å²) >= 11 is 0. The van der Waals surface area contributed by atoms with Gasteiger partial charge in [-0.1, -0.05) is 0 Å². The van der Waals surface area contributed by atoms with Crippen LogP contribution < -0.4 is 5.32 Å². The smallest absolute Gasteiger partial charge is 0.101 e. The second kappa shape index (κ2) is 3.47. The Balaban J connectivity index is 0.000001000. The summed E-state index contributed by atoms with van der Waals surface area (Å²) < 4.78 is 11.7. The minimum absolute atomic E-state index is 0. The molecule has 1 heterocycles. The highest BCUT2D eigenvalue weighted by Crippen LogP contribution is 2.53. The maximum atomic E-state index is 11.7. The Morgan fingerprint density at radius 1 is 1.45 bits per heavy atom. The third kappa shape index (κ3) is 2.21. The van der Waals surface area contributed by atoms with Crippen molar-refractivity contribution in [3.8, 4) is 0 Å². The molecule has 1 unspecified atom stereocenters. The van der Waals surface area contributed by atoms with Gasteiger partial charge in [-0.25, -0.2) is 0 Å². The molecular formula is C7H17ClNOP. The fourth-order valence-corrected chi connectivity index (χ4v) is 2.53. The van der Waals surface area contributed by atoms with E-state index in [9.17, 15) is 4.57 Å². The van der Waals surface area contributed by atoms with Crippen LogP contribution in [0.1, 0.15) is 19.8 Å². The molecule has 1 aliphatic heterocycles. The molecule has 4 heteroatoms. The zero-order valence-electron chi connectivity index (χ0n) is 7.39. The van der Waals surface area contributed by atoms with Gasteiger partial charge < -0.3 is 9.88 Å². The quantitative estimate of drug-likeness (QED) is 0.653. The lowest BCUT2D eigenvalue weighted by atomic mass is 10.2. The lowest BCUT2D eigenvalue weighted by molar-refractivity contribution is 0.511. The third-order valence-corrected chi connectivity index (χ3v) is 5.29. The van der Waals surface area contributed by atoms with Crippen LogP contribution in [0.2, 0.25) is 0 Å². The highest BCUT2D eigenvalue weighted by atomic mass is 35.5. The number of hydrogen-bond donors (Lipinski definition) is 1. The molecule has 0 amide bonds. The first-order chi connectivity index (χ1) is 4.46. The van der Waals surface area contributed by atoms with Gasteiger partial charge in [-0.05, 0) is 39.6 Å². The summed E-state index contributed by atoms with van der Waals surface area (Å²) in [4.78, 5) is 0. The molecule has 0 bridgehead atoms.